The topological polar surface area (TPSA) is 18.5 Å². The van der Waals surface area contributed by atoms with Gasteiger partial charge in [-0.05, 0) is 34.0 Å². The van der Waals surface area contributed by atoms with Crippen molar-refractivity contribution >= 4 is 0 Å². The summed E-state index contributed by atoms with van der Waals surface area (Å²) in [5, 5.41) is 3.34. The Kier molecular flexibility index (Phi) is 11.9. The van der Waals surface area contributed by atoms with E-state index in [4.69, 9.17) is 0 Å². The largest absolute Gasteiger partial charge is 0.317 e. The van der Waals surface area contributed by atoms with Crippen LogP contribution in [0.25, 0.3) is 0 Å². The zero-order chi connectivity index (χ0) is 13.8. The first kappa shape index (κ1) is 17.9. The van der Waals surface area contributed by atoms with Crippen molar-refractivity contribution in [3.8, 4) is 0 Å². The Labute approximate surface area is 115 Å². The number of piperazine rings is 1. The first-order valence-electron chi connectivity index (χ1n) is 7.68. The number of nitrogens with zero attached hydrogens (tertiary/aromatic N) is 2. The monoisotopic (exact) mass is 257 g/mol. The molecule has 0 aromatic rings. The van der Waals surface area contributed by atoms with Crippen LogP contribution < -0.4 is 5.32 Å². The molecule has 1 saturated heterocycles. The van der Waals surface area contributed by atoms with Crippen LogP contribution in [0.1, 0.15) is 46.0 Å². The second-order valence-electron chi connectivity index (χ2n) is 5.52. The van der Waals surface area contributed by atoms with Gasteiger partial charge in [-0.25, -0.2) is 0 Å². The molecule has 1 heterocycles. The number of hydrogen-bond acceptors (Lipinski definition) is 3. The molecule has 18 heavy (non-hydrogen) atoms. The van der Waals surface area contributed by atoms with E-state index in [2.05, 4.69) is 50.1 Å². The van der Waals surface area contributed by atoms with Gasteiger partial charge in [0.15, 0.2) is 0 Å². The molecule has 1 rings (SSSR count). The first-order chi connectivity index (χ1) is 8.63. The zero-order valence-electron chi connectivity index (χ0n) is 13.3. The predicted molar refractivity (Wildman–Crippen MR) is 82.3 cm³/mol. The van der Waals surface area contributed by atoms with Crippen molar-refractivity contribution in [1.82, 2.24) is 15.1 Å². The summed E-state index contributed by atoms with van der Waals surface area (Å²) < 4.78 is 0. The SMILES string of the molecule is CCCCC(CCC)NC.CN1CCN(C)CC1. The maximum absolute atomic E-state index is 3.34. The summed E-state index contributed by atoms with van der Waals surface area (Å²) in [7, 11) is 6.41. The van der Waals surface area contributed by atoms with Gasteiger partial charge in [0.25, 0.3) is 0 Å². The lowest BCUT2D eigenvalue weighted by Gasteiger charge is -2.28. The molecule has 1 N–H and O–H groups in total. The maximum atomic E-state index is 3.34. The molecule has 0 aromatic carbocycles. The van der Waals surface area contributed by atoms with Gasteiger partial charge in [0.05, 0.1) is 0 Å². The number of hydrogen-bond donors (Lipinski definition) is 1. The highest BCUT2D eigenvalue weighted by molar-refractivity contribution is 4.64. The summed E-state index contributed by atoms with van der Waals surface area (Å²) in [5.74, 6) is 0. The summed E-state index contributed by atoms with van der Waals surface area (Å²) in [5.41, 5.74) is 0. The lowest BCUT2D eigenvalue weighted by molar-refractivity contribution is 0.181. The van der Waals surface area contributed by atoms with Crippen molar-refractivity contribution in [2.75, 3.05) is 47.3 Å². The van der Waals surface area contributed by atoms with Gasteiger partial charge in [0.1, 0.15) is 0 Å². The molecular formula is C15H35N3. The molecule has 1 fully saturated rings. The Morgan fingerprint density at radius 2 is 1.39 bits per heavy atom. The van der Waals surface area contributed by atoms with Crippen LogP contribution in [0, 0.1) is 0 Å². The lowest BCUT2D eigenvalue weighted by atomic mass is 10.1. The van der Waals surface area contributed by atoms with Crippen molar-refractivity contribution in [1.29, 1.82) is 0 Å². The van der Waals surface area contributed by atoms with Crippen molar-refractivity contribution in [2.24, 2.45) is 0 Å². The van der Waals surface area contributed by atoms with Crippen LogP contribution in [0.4, 0.5) is 0 Å². The molecule has 0 aliphatic carbocycles. The molecule has 0 radical (unpaired) electrons. The fourth-order valence-electron chi connectivity index (χ4n) is 2.14. The van der Waals surface area contributed by atoms with E-state index in [1.54, 1.807) is 0 Å². The molecule has 110 valence electrons. The normalized spacial score (nSPS) is 19.2. The molecule has 1 unspecified atom stereocenters. The van der Waals surface area contributed by atoms with E-state index in [1.165, 1.54) is 58.3 Å². The van der Waals surface area contributed by atoms with Gasteiger partial charge < -0.3 is 15.1 Å². The number of unbranched alkanes of at least 4 members (excludes halogenated alkanes) is 1. The molecule has 3 heteroatoms. The molecule has 1 aliphatic heterocycles. The molecule has 0 saturated carbocycles. The molecule has 0 bridgehead atoms. The van der Waals surface area contributed by atoms with Crippen LogP contribution in [0.5, 0.6) is 0 Å². The van der Waals surface area contributed by atoms with Gasteiger partial charge in [-0.1, -0.05) is 33.1 Å². The zero-order valence-corrected chi connectivity index (χ0v) is 13.3. The van der Waals surface area contributed by atoms with Gasteiger partial charge in [0, 0.05) is 32.2 Å². The van der Waals surface area contributed by atoms with Crippen molar-refractivity contribution < 1.29 is 0 Å². The van der Waals surface area contributed by atoms with Gasteiger partial charge >= 0.3 is 0 Å². The first-order valence-corrected chi connectivity index (χ1v) is 7.68. The van der Waals surface area contributed by atoms with E-state index in [1.807, 2.05) is 0 Å². The molecular weight excluding hydrogens is 222 g/mol. The standard InChI is InChI=1S/C9H21N.C6H14N2/c1-4-6-8-9(10-3)7-5-2;1-7-3-5-8(2)6-4-7/h9-10H,4-8H2,1-3H3;3-6H2,1-2H3. The Morgan fingerprint density at radius 1 is 0.889 bits per heavy atom. The second kappa shape index (κ2) is 11.9. The molecule has 0 aromatic heterocycles. The van der Waals surface area contributed by atoms with Gasteiger partial charge in [-0.15, -0.1) is 0 Å². The van der Waals surface area contributed by atoms with Crippen molar-refractivity contribution in [3.63, 3.8) is 0 Å². The minimum Gasteiger partial charge on any atom is -0.317 e. The molecule has 0 amide bonds. The lowest BCUT2D eigenvalue weighted by Crippen LogP contribution is -2.42. The van der Waals surface area contributed by atoms with Crippen LogP contribution in [-0.4, -0.2) is 63.2 Å². The third-order valence-electron chi connectivity index (χ3n) is 3.68. The van der Waals surface area contributed by atoms with Crippen LogP contribution in [0.15, 0.2) is 0 Å². The van der Waals surface area contributed by atoms with Crippen molar-refractivity contribution in [3.05, 3.63) is 0 Å². The van der Waals surface area contributed by atoms with Crippen molar-refractivity contribution in [2.45, 2.75) is 52.0 Å². The number of rotatable bonds is 6. The summed E-state index contributed by atoms with van der Waals surface area (Å²) in [4.78, 5) is 4.72. The maximum Gasteiger partial charge on any atom is 0.0107 e. The van der Waals surface area contributed by atoms with E-state index in [-0.39, 0.29) is 0 Å². The fraction of sp³-hybridized carbons (Fsp3) is 1.00. The van der Waals surface area contributed by atoms with E-state index >= 15 is 0 Å². The summed E-state index contributed by atoms with van der Waals surface area (Å²) in [6.45, 7) is 9.43. The predicted octanol–water partition coefficient (Wildman–Crippen LogP) is 2.43. The van der Waals surface area contributed by atoms with Crippen LogP contribution in [0.2, 0.25) is 0 Å². The molecule has 1 aliphatic rings. The van der Waals surface area contributed by atoms with E-state index in [0.29, 0.717) is 0 Å². The summed E-state index contributed by atoms with van der Waals surface area (Å²) in [6, 6.07) is 0.768. The quantitative estimate of drug-likeness (QED) is 0.788. The third-order valence-corrected chi connectivity index (χ3v) is 3.68. The Hall–Kier alpha value is -0.120. The van der Waals surface area contributed by atoms with E-state index < -0.39 is 0 Å². The highest BCUT2D eigenvalue weighted by Gasteiger charge is 2.07. The Bertz CT molecular complexity index is 155. The van der Waals surface area contributed by atoms with Crippen LogP contribution in [-0.2, 0) is 0 Å². The summed E-state index contributed by atoms with van der Waals surface area (Å²) >= 11 is 0. The number of nitrogens with one attached hydrogen (secondary N) is 1. The second-order valence-corrected chi connectivity index (χ2v) is 5.52. The summed E-state index contributed by atoms with van der Waals surface area (Å²) in [6.07, 6.45) is 6.67. The minimum atomic E-state index is 0.768. The highest BCUT2D eigenvalue weighted by atomic mass is 15.2. The molecule has 1 atom stereocenters. The van der Waals surface area contributed by atoms with Gasteiger partial charge in [0.2, 0.25) is 0 Å². The Morgan fingerprint density at radius 3 is 1.72 bits per heavy atom. The smallest absolute Gasteiger partial charge is 0.0107 e. The Balaban J connectivity index is 0.000000327. The highest BCUT2D eigenvalue weighted by Crippen LogP contribution is 2.05. The van der Waals surface area contributed by atoms with E-state index in [0.717, 1.165) is 6.04 Å². The van der Waals surface area contributed by atoms with Gasteiger partial charge in [-0.2, -0.15) is 0 Å². The molecule has 3 nitrogen and oxygen atoms in total. The fourth-order valence-corrected chi connectivity index (χ4v) is 2.14. The van der Waals surface area contributed by atoms with E-state index in [9.17, 15) is 0 Å². The van der Waals surface area contributed by atoms with Gasteiger partial charge in [-0.3, -0.25) is 0 Å². The average molecular weight is 257 g/mol. The van der Waals surface area contributed by atoms with Crippen LogP contribution in [0.3, 0.4) is 0 Å². The molecule has 0 spiro atoms. The minimum absolute atomic E-state index is 0.768. The third kappa shape index (κ3) is 9.86. The average Bonchev–Trinajstić information content (AvgIpc) is 2.39. The number of likely N-dealkylation sites (N-methyl/N-ethyl adjacent to an activating group) is 2. The van der Waals surface area contributed by atoms with Crippen LogP contribution >= 0.6 is 0 Å².